The third-order valence-electron chi connectivity index (χ3n) is 3.56. The molecule has 0 aromatic heterocycles. The first-order valence-electron chi connectivity index (χ1n) is 5.78. The van der Waals surface area contributed by atoms with Crippen molar-refractivity contribution in [2.75, 3.05) is 26.2 Å². The van der Waals surface area contributed by atoms with Gasteiger partial charge in [0, 0.05) is 19.7 Å². The normalized spacial score (nSPS) is 26.7. The van der Waals surface area contributed by atoms with Crippen molar-refractivity contribution in [2.24, 2.45) is 0 Å². The number of aliphatic carboxylic acids is 1. The minimum atomic E-state index is -0.726. The SMILES string of the molecule is O=C(O)CN1CCC2(CCCCO2)CC1. The lowest BCUT2D eigenvalue weighted by molar-refractivity contribution is -0.142. The van der Waals surface area contributed by atoms with Gasteiger partial charge in [-0.25, -0.2) is 0 Å². The highest BCUT2D eigenvalue weighted by Crippen LogP contribution is 2.34. The molecule has 2 saturated heterocycles. The number of carboxylic acid groups (broad SMARTS) is 1. The van der Waals surface area contributed by atoms with E-state index in [0.717, 1.165) is 39.0 Å². The molecule has 0 bridgehead atoms. The molecule has 0 aromatic rings. The van der Waals surface area contributed by atoms with Gasteiger partial charge in [0.1, 0.15) is 0 Å². The summed E-state index contributed by atoms with van der Waals surface area (Å²) in [5.74, 6) is -0.726. The largest absolute Gasteiger partial charge is 0.480 e. The predicted molar refractivity (Wildman–Crippen MR) is 55.8 cm³/mol. The van der Waals surface area contributed by atoms with Gasteiger partial charge in [-0.05, 0) is 32.1 Å². The van der Waals surface area contributed by atoms with Gasteiger partial charge in [-0.2, -0.15) is 0 Å². The predicted octanol–water partition coefficient (Wildman–Crippen LogP) is 1.11. The Labute approximate surface area is 90.2 Å². The van der Waals surface area contributed by atoms with Gasteiger partial charge >= 0.3 is 5.97 Å². The molecule has 0 atom stereocenters. The first kappa shape index (κ1) is 10.9. The Morgan fingerprint density at radius 3 is 2.53 bits per heavy atom. The molecule has 1 N–H and O–H groups in total. The number of likely N-dealkylation sites (tertiary alicyclic amines) is 1. The van der Waals surface area contributed by atoms with Gasteiger partial charge in [-0.3, -0.25) is 9.69 Å². The van der Waals surface area contributed by atoms with Crippen LogP contribution < -0.4 is 0 Å². The second-order valence-corrected chi connectivity index (χ2v) is 4.66. The van der Waals surface area contributed by atoms with Gasteiger partial charge in [0.05, 0.1) is 12.1 Å². The van der Waals surface area contributed by atoms with E-state index < -0.39 is 5.97 Å². The molecular weight excluding hydrogens is 194 g/mol. The van der Waals surface area contributed by atoms with Crippen LogP contribution in [0.2, 0.25) is 0 Å². The number of ether oxygens (including phenoxy) is 1. The van der Waals surface area contributed by atoms with Crippen molar-refractivity contribution < 1.29 is 14.6 Å². The fourth-order valence-electron chi connectivity index (χ4n) is 2.61. The molecule has 86 valence electrons. The van der Waals surface area contributed by atoms with Gasteiger partial charge in [0.25, 0.3) is 0 Å². The van der Waals surface area contributed by atoms with E-state index in [1.165, 1.54) is 12.8 Å². The molecule has 0 aromatic carbocycles. The fraction of sp³-hybridized carbons (Fsp3) is 0.909. The molecule has 0 radical (unpaired) electrons. The Balaban J connectivity index is 1.82. The topological polar surface area (TPSA) is 49.8 Å². The molecule has 4 heteroatoms. The molecule has 1 spiro atoms. The number of hydrogen-bond donors (Lipinski definition) is 1. The van der Waals surface area contributed by atoms with E-state index in [0.29, 0.717) is 0 Å². The summed E-state index contributed by atoms with van der Waals surface area (Å²) < 4.78 is 5.89. The number of nitrogens with zero attached hydrogens (tertiary/aromatic N) is 1. The zero-order valence-corrected chi connectivity index (χ0v) is 9.07. The van der Waals surface area contributed by atoms with E-state index in [1.807, 2.05) is 4.90 Å². The van der Waals surface area contributed by atoms with Crippen molar-refractivity contribution >= 4 is 5.97 Å². The molecule has 0 unspecified atom stereocenters. The van der Waals surface area contributed by atoms with Crippen molar-refractivity contribution in [3.8, 4) is 0 Å². The van der Waals surface area contributed by atoms with Crippen LogP contribution >= 0.6 is 0 Å². The van der Waals surface area contributed by atoms with Crippen LogP contribution in [-0.4, -0.2) is 47.8 Å². The molecule has 2 aliphatic rings. The summed E-state index contributed by atoms with van der Waals surface area (Å²) in [4.78, 5) is 12.6. The van der Waals surface area contributed by atoms with Crippen molar-refractivity contribution in [3.63, 3.8) is 0 Å². The summed E-state index contributed by atoms with van der Waals surface area (Å²) in [6.07, 6.45) is 5.61. The maximum Gasteiger partial charge on any atom is 0.317 e. The number of carbonyl (C=O) groups is 1. The lowest BCUT2D eigenvalue weighted by Crippen LogP contribution is -2.48. The Hall–Kier alpha value is -0.610. The van der Waals surface area contributed by atoms with Crippen molar-refractivity contribution in [1.82, 2.24) is 4.90 Å². The fourth-order valence-corrected chi connectivity index (χ4v) is 2.61. The smallest absolute Gasteiger partial charge is 0.317 e. The lowest BCUT2D eigenvalue weighted by Gasteiger charge is -2.43. The first-order valence-corrected chi connectivity index (χ1v) is 5.78. The lowest BCUT2D eigenvalue weighted by atomic mass is 9.84. The second kappa shape index (κ2) is 4.49. The third kappa shape index (κ3) is 2.69. The minimum absolute atomic E-state index is 0.0905. The van der Waals surface area contributed by atoms with Gasteiger partial charge in [0.2, 0.25) is 0 Å². The highest BCUT2D eigenvalue weighted by molar-refractivity contribution is 5.69. The van der Waals surface area contributed by atoms with Crippen LogP contribution in [0.4, 0.5) is 0 Å². The Bertz CT molecular complexity index is 226. The van der Waals surface area contributed by atoms with Crippen LogP contribution in [0.1, 0.15) is 32.1 Å². The number of carboxylic acids is 1. The molecule has 15 heavy (non-hydrogen) atoms. The van der Waals surface area contributed by atoms with Crippen LogP contribution in [0, 0.1) is 0 Å². The van der Waals surface area contributed by atoms with E-state index in [-0.39, 0.29) is 12.1 Å². The number of piperidine rings is 1. The zero-order chi connectivity index (χ0) is 10.7. The Morgan fingerprint density at radius 2 is 2.00 bits per heavy atom. The standard InChI is InChI=1S/C11H19NO3/c13-10(14)9-12-6-4-11(5-7-12)3-1-2-8-15-11/h1-9H2,(H,13,14). The van der Waals surface area contributed by atoms with Gasteiger partial charge in [-0.15, -0.1) is 0 Å². The molecule has 2 fully saturated rings. The maximum atomic E-state index is 10.6. The van der Waals surface area contributed by atoms with E-state index in [2.05, 4.69) is 0 Å². The highest BCUT2D eigenvalue weighted by atomic mass is 16.5. The third-order valence-corrected chi connectivity index (χ3v) is 3.56. The summed E-state index contributed by atoms with van der Waals surface area (Å²) in [7, 11) is 0. The molecule has 2 aliphatic heterocycles. The minimum Gasteiger partial charge on any atom is -0.480 e. The first-order chi connectivity index (χ1) is 7.20. The summed E-state index contributed by atoms with van der Waals surface area (Å²) in [6.45, 7) is 2.80. The molecule has 0 amide bonds. The quantitative estimate of drug-likeness (QED) is 0.746. The van der Waals surface area contributed by atoms with Crippen LogP contribution in [-0.2, 0) is 9.53 Å². The summed E-state index contributed by atoms with van der Waals surface area (Å²) >= 11 is 0. The summed E-state index contributed by atoms with van der Waals surface area (Å²) in [5.41, 5.74) is 0.0905. The average molecular weight is 213 g/mol. The zero-order valence-electron chi connectivity index (χ0n) is 9.07. The van der Waals surface area contributed by atoms with E-state index in [9.17, 15) is 4.79 Å². The average Bonchev–Trinajstić information content (AvgIpc) is 2.23. The van der Waals surface area contributed by atoms with Crippen LogP contribution in [0.3, 0.4) is 0 Å². The molecule has 2 heterocycles. The van der Waals surface area contributed by atoms with E-state index in [4.69, 9.17) is 9.84 Å². The molecule has 4 nitrogen and oxygen atoms in total. The van der Waals surface area contributed by atoms with Crippen LogP contribution in [0.5, 0.6) is 0 Å². The molecule has 2 rings (SSSR count). The Morgan fingerprint density at radius 1 is 1.27 bits per heavy atom. The molecular formula is C11H19NO3. The van der Waals surface area contributed by atoms with E-state index >= 15 is 0 Å². The van der Waals surface area contributed by atoms with Crippen LogP contribution in [0.25, 0.3) is 0 Å². The molecule has 0 aliphatic carbocycles. The molecule has 0 saturated carbocycles. The Kier molecular flexibility index (Phi) is 3.26. The highest BCUT2D eigenvalue weighted by Gasteiger charge is 2.36. The summed E-state index contributed by atoms with van der Waals surface area (Å²) in [6, 6.07) is 0. The number of rotatable bonds is 2. The van der Waals surface area contributed by atoms with Crippen molar-refractivity contribution in [1.29, 1.82) is 0 Å². The van der Waals surface area contributed by atoms with Crippen LogP contribution in [0.15, 0.2) is 0 Å². The monoisotopic (exact) mass is 213 g/mol. The van der Waals surface area contributed by atoms with Crippen molar-refractivity contribution in [2.45, 2.75) is 37.7 Å². The maximum absolute atomic E-state index is 10.6. The summed E-state index contributed by atoms with van der Waals surface area (Å²) in [5, 5.41) is 8.69. The van der Waals surface area contributed by atoms with Gasteiger partial charge in [0.15, 0.2) is 0 Å². The van der Waals surface area contributed by atoms with E-state index in [1.54, 1.807) is 0 Å². The number of hydrogen-bond acceptors (Lipinski definition) is 3. The second-order valence-electron chi connectivity index (χ2n) is 4.66. The van der Waals surface area contributed by atoms with Gasteiger partial charge in [-0.1, -0.05) is 0 Å². The van der Waals surface area contributed by atoms with Gasteiger partial charge < -0.3 is 9.84 Å². The van der Waals surface area contributed by atoms with Crippen molar-refractivity contribution in [3.05, 3.63) is 0 Å².